The molecule has 1 aromatic carbocycles. The van der Waals surface area contributed by atoms with Crippen molar-refractivity contribution in [1.82, 2.24) is 20.5 Å². The number of benzene rings is 1. The second-order valence-corrected chi connectivity index (χ2v) is 7.77. The van der Waals surface area contributed by atoms with Crippen molar-refractivity contribution in [1.29, 1.82) is 0 Å². The summed E-state index contributed by atoms with van der Waals surface area (Å²) >= 11 is 0. The molecule has 1 aliphatic rings. The van der Waals surface area contributed by atoms with E-state index in [1.54, 1.807) is 12.1 Å². The average Bonchev–Trinajstić information content (AvgIpc) is 2.78. The number of anilines is 1. The molecule has 2 heterocycles. The predicted molar refractivity (Wildman–Crippen MR) is 123 cm³/mol. The molecule has 1 atom stereocenters. The van der Waals surface area contributed by atoms with Crippen LogP contribution < -0.4 is 20.3 Å². The highest BCUT2D eigenvalue weighted by molar-refractivity contribution is 5.79. The maximum Gasteiger partial charge on any atom is 0.191 e. The van der Waals surface area contributed by atoms with Gasteiger partial charge in [0.05, 0.1) is 13.1 Å². The molecule has 31 heavy (non-hydrogen) atoms. The zero-order chi connectivity index (χ0) is 22.1. The first-order valence-electron chi connectivity index (χ1n) is 10.9. The van der Waals surface area contributed by atoms with Crippen molar-refractivity contribution in [3.8, 4) is 5.75 Å². The number of aromatic nitrogens is 1. The molecule has 0 aliphatic carbocycles. The van der Waals surface area contributed by atoms with Gasteiger partial charge in [-0.15, -0.1) is 0 Å². The molecular formula is C23H33FN6O. The summed E-state index contributed by atoms with van der Waals surface area (Å²) in [4.78, 5) is 13.9. The van der Waals surface area contributed by atoms with Crippen molar-refractivity contribution in [3.63, 3.8) is 0 Å². The fourth-order valence-electron chi connectivity index (χ4n) is 3.31. The van der Waals surface area contributed by atoms with Crippen LogP contribution in [0.1, 0.15) is 19.4 Å². The Hall–Kier alpha value is -2.87. The zero-order valence-electron chi connectivity index (χ0n) is 18.6. The van der Waals surface area contributed by atoms with E-state index in [0.717, 1.165) is 50.1 Å². The van der Waals surface area contributed by atoms with E-state index < -0.39 is 0 Å². The topological polar surface area (TPSA) is 65.0 Å². The SMILES string of the molecule is CCNC(=NCc1ccnc(N2CCN(C)CC2)c1)NCC(C)Oc1ccc(F)cc1. The monoisotopic (exact) mass is 428 g/mol. The predicted octanol–water partition coefficient (Wildman–Crippen LogP) is 2.50. The van der Waals surface area contributed by atoms with Crippen LogP contribution in [0.2, 0.25) is 0 Å². The number of aliphatic imine (C=N–C) groups is 1. The van der Waals surface area contributed by atoms with Crippen LogP contribution in [-0.2, 0) is 6.54 Å². The first kappa shape index (κ1) is 22.8. The first-order valence-corrected chi connectivity index (χ1v) is 10.9. The number of piperazine rings is 1. The maximum absolute atomic E-state index is 13.0. The number of halogens is 1. The summed E-state index contributed by atoms with van der Waals surface area (Å²) in [5, 5.41) is 6.58. The minimum atomic E-state index is -0.272. The number of nitrogens with zero attached hydrogens (tertiary/aromatic N) is 4. The van der Waals surface area contributed by atoms with E-state index >= 15 is 0 Å². The Morgan fingerprint density at radius 1 is 1.16 bits per heavy atom. The van der Waals surface area contributed by atoms with E-state index in [1.807, 2.05) is 26.1 Å². The molecule has 1 aromatic heterocycles. The normalized spacial score (nSPS) is 16.1. The number of ether oxygens (including phenoxy) is 1. The largest absolute Gasteiger partial charge is 0.489 e. The van der Waals surface area contributed by atoms with Crippen LogP contribution in [0.3, 0.4) is 0 Å². The van der Waals surface area contributed by atoms with E-state index in [9.17, 15) is 4.39 Å². The number of guanidine groups is 1. The van der Waals surface area contributed by atoms with Gasteiger partial charge >= 0.3 is 0 Å². The molecule has 168 valence electrons. The summed E-state index contributed by atoms with van der Waals surface area (Å²) in [7, 11) is 2.15. The third-order valence-electron chi connectivity index (χ3n) is 5.11. The van der Waals surface area contributed by atoms with Gasteiger partial charge < -0.3 is 25.2 Å². The molecule has 3 rings (SSSR count). The molecule has 0 radical (unpaired) electrons. The lowest BCUT2D eigenvalue weighted by Gasteiger charge is -2.33. The number of hydrogen-bond acceptors (Lipinski definition) is 5. The average molecular weight is 429 g/mol. The van der Waals surface area contributed by atoms with Gasteiger partial charge in [0.15, 0.2) is 5.96 Å². The molecule has 1 saturated heterocycles. The summed E-state index contributed by atoms with van der Waals surface area (Å²) in [6.45, 7) is 9.99. The summed E-state index contributed by atoms with van der Waals surface area (Å²) in [6, 6.07) is 10.2. The Labute approximate surface area is 184 Å². The van der Waals surface area contributed by atoms with Crippen LogP contribution >= 0.6 is 0 Å². The van der Waals surface area contributed by atoms with Gasteiger partial charge in [-0.1, -0.05) is 0 Å². The van der Waals surface area contributed by atoms with Crippen molar-refractivity contribution in [2.45, 2.75) is 26.5 Å². The lowest BCUT2D eigenvalue weighted by atomic mass is 10.2. The number of likely N-dealkylation sites (N-methyl/N-ethyl adjacent to an activating group) is 1. The number of nitrogens with one attached hydrogen (secondary N) is 2. The highest BCUT2D eigenvalue weighted by Crippen LogP contribution is 2.15. The van der Waals surface area contributed by atoms with E-state index in [4.69, 9.17) is 9.73 Å². The zero-order valence-corrected chi connectivity index (χ0v) is 18.6. The second-order valence-electron chi connectivity index (χ2n) is 7.77. The third kappa shape index (κ3) is 7.40. The van der Waals surface area contributed by atoms with E-state index in [0.29, 0.717) is 18.8 Å². The van der Waals surface area contributed by atoms with Crippen molar-refractivity contribution < 1.29 is 9.13 Å². The van der Waals surface area contributed by atoms with Crippen LogP contribution in [0.4, 0.5) is 10.2 Å². The standard InChI is InChI=1S/C23H33FN6O/c1-4-25-23(27-16-18(2)31-21-7-5-20(24)6-8-21)28-17-19-9-10-26-22(15-19)30-13-11-29(3)12-14-30/h5-10,15,18H,4,11-14,16-17H2,1-3H3,(H2,25,27,28). The van der Waals surface area contributed by atoms with Gasteiger partial charge in [-0.05, 0) is 62.9 Å². The molecule has 7 nitrogen and oxygen atoms in total. The van der Waals surface area contributed by atoms with Gasteiger partial charge in [-0.25, -0.2) is 14.4 Å². The number of rotatable bonds is 8. The smallest absolute Gasteiger partial charge is 0.191 e. The molecule has 2 N–H and O–H groups in total. The molecule has 2 aromatic rings. The van der Waals surface area contributed by atoms with Gasteiger partial charge in [-0.3, -0.25) is 0 Å². The van der Waals surface area contributed by atoms with Crippen LogP contribution in [0.25, 0.3) is 0 Å². The highest BCUT2D eigenvalue weighted by atomic mass is 19.1. The summed E-state index contributed by atoms with van der Waals surface area (Å²) in [5.41, 5.74) is 1.12. The molecule has 8 heteroatoms. The first-order chi connectivity index (χ1) is 15.0. The third-order valence-corrected chi connectivity index (χ3v) is 5.11. The molecule has 0 spiro atoms. The summed E-state index contributed by atoms with van der Waals surface area (Å²) in [6.07, 6.45) is 1.76. The minimum Gasteiger partial charge on any atom is -0.489 e. The van der Waals surface area contributed by atoms with Gasteiger partial charge in [0, 0.05) is 38.9 Å². The van der Waals surface area contributed by atoms with Crippen molar-refractivity contribution >= 4 is 11.8 Å². The maximum atomic E-state index is 13.0. The van der Waals surface area contributed by atoms with Crippen molar-refractivity contribution in [2.24, 2.45) is 4.99 Å². The molecule has 1 aliphatic heterocycles. The molecule has 0 amide bonds. The fourth-order valence-corrected chi connectivity index (χ4v) is 3.31. The molecule has 1 fully saturated rings. The van der Waals surface area contributed by atoms with Crippen LogP contribution in [0.5, 0.6) is 5.75 Å². The molecule has 1 unspecified atom stereocenters. The Bertz CT molecular complexity index is 836. The van der Waals surface area contributed by atoms with Gasteiger partial charge in [0.2, 0.25) is 0 Å². The van der Waals surface area contributed by atoms with Crippen molar-refractivity contribution in [2.75, 3.05) is 51.2 Å². The van der Waals surface area contributed by atoms with Crippen LogP contribution in [-0.4, -0.2) is 68.3 Å². The van der Waals surface area contributed by atoms with Gasteiger partial charge in [0.25, 0.3) is 0 Å². The van der Waals surface area contributed by atoms with E-state index in [-0.39, 0.29) is 11.9 Å². The van der Waals surface area contributed by atoms with Gasteiger partial charge in [0.1, 0.15) is 23.5 Å². The van der Waals surface area contributed by atoms with E-state index in [1.165, 1.54) is 12.1 Å². The molecular weight excluding hydrogens is 395 g/mol. The quantitative estimate of drug-likeness (QED) is 0.498. The molecule has 0 saturated carbocycles. The summed E-state index contributed by atoms with van der Waals surface area (Å²) < 4.78 is 18.9. The van der Waals surface area contributed by atoms with Crippen LogP contribution in [0.15, 0.2) is 47.6 Å². The Kier molecular flexibility index (Phi) is 8.46. The van der Waals surface area contributed by atoms with Crippen molar-refractivity contribution in [3.05, 3.63) is 54.0 Å². The Morgan fingerprint density at radius 3 is 2.61 bits per heavy atom. The Morgan fingerprint density at radius 2 is 1.90 bits per heavy atom. The number of hydrogen-bond donors (Lipinski definition) is 2. The Balaban J connectivity index is 1.54. The van der Waals surface area contributed by atoms with Gasteiger partial charge in [-0.2, -0.15) is 0 Å². The molecule has 0 bridgehead atoms. The van der Waals surface area contributed by atoms with Crippen LogP contribution in [0, 0.1) is 5.82 Å². The lowest BCUT2D eigenvalue weighted by Crippen LogP contribution is -2.44. The lowest BCUT2D eigenvalue weighted by molar-refractivity contribution is 0.223. The summed E-state index contributed by atoms with van der Waals surface area (Å²) in [5.74, 6) is 2.12. The highest BCUT2D eigenvalue weighted by Gasteiger charge is 2.15. The second kappa shape index (κ2) is 11.5. The fraction of sp³-hybridized carbons (Fsp3) is 0.478. The minimum absolute atomic E-state index is 0.0981. The number of pyridine rings is 1. The van der Waals surface area contributed by atoms with E-state index in [2.05, 4.69) is 38.5 Å².